The van der Waals surface area contributed by atoms with Gasteiger partial charge in [-0.1, -0.05) is 0 Å². The molecule has 0 radical (unpaired) electrons. The molecule has 0 aromatic rings. The van der Waals surface area contributed by atoms with Gasteiger partial charge in [0, 0.05) is 12.6 Å². The van der Waals surface area contributed by atoms with Crippen LogP contribution >= 0.6 is 0 Å². The Kier molecular flexibility index (Phi) is 4.15. The maximum Gasteiger partial charge on any atom is 0.490 e. The fraction of sp³-hybridized carbons (Fsp3) is 0.833. The first-order valence-electron chi connectivity index (χ1n) is 3.46. The molecule has 0 bridgehead atoms. The van der Waals surface area contributed by atoms with E-state index in [0.29, 0.717) is 6.04 Å². The first kappa shape index (κ1) is 12.2. The first-order chi connectivity index (χ1) is 5.75. The molecule has 0 aromatic heterocycles. The van der Waals surface area contributed by atoms with Gasteiger partial charge in [0.1, 0.15) is 0 Å². The number of rotatable bonds is 0. The van der Waals surface area contributed by atoms with Crippen LogP contribution in [0, 0.1) is 0 Å². The molecule has 0 saturated carbocycles. The number of carboxylic acids is 1. The Hall–Kier alpha value is -0.820. The van der Waals surface area contributed by atoms with Gasteiger partial charge in [0.15, 0.2) is 0 Å². The van der Waals surface area contributed by atoms with Crippen LogP contribution in [0.25, 0.3) is 0 Å². The van der Waals surface area contributed by atoms with E-state index in [1.807, 2.05) is 6.92 Å². The third-order valence-corrected chi connectivity index (χ3v) is 1.47. The average molecular weight is 201 g/mol. The third kappa shape index (κ3) is 4.69. The lowest BCUT2D eigenvalue weighted by Gasteiger charge is -2.30. The summed E-state index contributed by atoms with van der Waals surface area (Å²) in [5, 5.41) is 18.8. The van der Waals surface area contributed by atoms with Crippen molar-refractivity contribution >= 4 is 5.97 Å². The van der Waals surface area contributed by atoms with E-state index in [9.17, 15) is 13.2 Å². The lowest BCUT2D eigenvalue weighted by atomic mass is 10.1. The summed E-state index contributed by atoms with van der Waals surface area (Å²) in [6.07, 6.45) is -5.16. The minimum Gasteiger partial charge on any atom is -0.475 e. The zero-order valence-electron chi connectivity index (χ0n) is 6.80. The fourth-order valence-electron chi connectivity index (χ4n) is 0.459. The van der Waals surface area contributed by atoms with Crippen molar-refractivity contribution in [1.29, 1.82) is 0 Å². The normalized spacial score (nSPS) is 26.8. The summed E-state index contributed by atoms with van der Waals surface area (Å²) in [6.45, 7) is 2.75. The molecule has 1 fully saturated rings. The van der Waals surface area contributed by atoms with Crippen molar-refractivity contribution in [1.82, 2.24) is 5.32 Å². The largest absolute Gasteiger partial charge is 0.490 e. The molecule has 2 atom stereocenters. The Morgan fingerprint density at radius 3 is 1.85 bits per heavy atom. The van der Waals surface area contributed by atoms with E-state index in [-0.39, 0.29) is 6.10 Å². The van der Waals surface area contributed by atoms with E-state index in [1.54, 1.807) is 0 Å². The minimum atomic E-state index is -5.08. The minimum absolute atomic E-state index is 0.0787. The highest BCUT2D eigenvalue weighted by Crippen LogP contribution is 2.13. The molecule has 0 spiro atoms. The second-order valence-electron chi connectivity index (χ2n) is 2.57. The quantitative estimate of drug-likeness (QED) is 0.515. The van der Waals surface area contributed by atoms with E-state index in [0.717, 1.165) is 6.54 Å². The Balaban J connectivity index is 0.000000223. The molecule has 0 aliphatic carbocycles. The Bertz CT molecular complexity index is 174. The number of carbonyl (C=O) groups is 1. The molecule has 78 valence electrons. The van der Waals surface area contributed by atoms with E-state index < -0.39 is 12.1 Å². The van der Waals surface area contributed by atoms with Gasteiger partial charge in [0.25, 0.3) is 0 Å². The molecule has 13 heavy (non-hydrogen) atoms. The molecule has 3 N–H and O–H groups in total. The number of hydrogen-bond donors (Lipinski definition) is 3. The molecular weight excluding hydrogens is 191 g/mol. The summed E-state index contributed by atoms with van der Waals surface area (Å²) in [7, 11) is 0. The van der Waals surface area contributed by atoms with Gasteiger partial charge in [-0.2, -0.15) is 13.2 Å². The number of β-amino-alcohol motifs (C(OH)–C–C–N with tert-alkyl or cyclic N) is 1. The molecule has 1 saturated heterocycles. The van der Waals surface area contributed by atoms with Crippen LogP contribution in [0.15, 0.2) is 0 Å². The topological polar surface area (TPSA) is 69.6 Å². The summed E-state index contributed by atoms with van der Waals surface area (Å²) in [5.74, 6) is -2.76. The Morgan fingerprint density at radius 2 is 1.85 bits per heavy atom. The molecule has 1 rings (SSSR count). The molecule has 1 heterocycles. The molecule has 1 aliphatic rings. The Labute approximate surface area is 72.4 Å². The van der Waals surface area contributed by atoms with Crippen LogP contribution < -0.4 is 5.32 Å². The highest BCUT2D eigenvalue weighted by Gasteiger charge is 2.38. The van der Waals surface area contributed by atoms with Crippen molar-refractivity contribution in [3.63, 3.8) is 0 Å². The van der Waals surface area contributed by atoms with E-state index >= 15 is 0 Å². The molecule has 0 aromatic carbocycles. The predicted molar refractivity (Wildman–Crippen MR) is 37.2 cm³/mol. The lowest BCUT2D eigenvalue weighted by molar-refractivity contribution is -0.192. The summed E-state index contributed by atoms with van der Waals surface area (Å²) < 4.78 is 31.7. The van der Waals surface area contributed by atoms with Gasteiger partial charge in [-0.05, 0) is 6.92 Å². The number of carboxylic acid groups (broad SMARTS) is 1. The van der Waals surface area contributed by atoms with Crippen molar-refractivity contribution < 1.29 is 28.2 Å². The van der Waals surface area contributed by atoms with Crippen LogP contribution in [0.5, 0.6) is 0 Å². The second kappa shape index (κ2) is 4.43. The van der Waals surface area contributed by atoms with E-state index in [4.69, 9.17) is 15.0 Å². The highest BCUT2D eigenvalue weighted by molar-refractivity contribution is 5.73. The monoisotopic (exact) mass is 201 g/mol. The summed E-state index contributed by atoms with van der Waals surface area (Å²) >= 11 is 0. The molecule has 1 aliphatic heterocycles. The number of hydrogen-bond acceptors (Lipinski definition) is 3. The maximum absolute atomic E-state index is 10.6. The van der Waals surface area contributed by atoms with Crippen molar-refractivity contribution in [3.05, 3.63) is 0 Å². The number of aliphatic hydroxyl groups excluding tert-OH is 1. The van der Waals surface area contributed by atoms with Gasteiger partial charge >= 0.3 is 12.1 Å². The van der Waals surface area contributed by atoms with Gasteiger partial charge in [-0.25, -0.2) is 4.79 Å². The molecule has 7 heteroatoms. The number of aliphatic hydroxyl groups is 1. The van der Waals surface area contributed by atoms with Gasteiger partial charge in [-0.15, -0.1) is 0 Å². The van der Waals surface area contributed by atoms with E-state index in [2.05, 4.69) is 5.32 Å². The summed E-state index contributed by atoms with van der Waals surface area (Å²) in [5.41, 5.74) is 0. The third-order valence-electron chi connectivity index (χ3n) is 1.47. The maximum atomic E-state index is 10.6. The van der Waals surface area contributed by atoms with Crippen LogP contribution in [0.3, 0.4) is 0 Å². The average Bonchev–Trinajstić information content (AvgIpc) is 2.00. The van der Waals surface area contributed by atoms with Crippen LogP contribution in [0.1, 0.15) is 6.92 Å². The number of halogens is 3. The van der Waals surface area contributed by atoms with Gasteiger partial charge in [-0.3, -0.25) is 0 Å². The lowest BCUT2D eigenvalue weighted by Crippen LogP contribution is -2.55. The van der Waals surface area contributed by atoms with E-state index in [1.165, 1.54) is 0 Å². The predicted octanol–water partition coefficient (Wildman–Crippen LogP) is -0.0277. The summed E-state index contributed by atoms with van der Waals surface area (Å²) in [4.78, 5) is 8.90. The van der Waals surface area contributed by atoms with Crippen molar-refractivity contribution in [2.75, 3.05) is 6.54 Å². The van der Waals surface area contributed by atoms with Crippen molar-refractivity contribution in [3.8, 4) is 0 Å². The molecule has 4 nitrogen and oxygen atoms in total. The van der Waals surface area contributed by atoms with Crippen LogP contribution in [-0.2, 0) is 4.79 Å². The molecular formula is C6H10F3NO3. The second-order valence-corrected chi connectivity index (χ2v) is 2.57. The highest BCUT2D eigenvalue weighted by atomic mass is 19.4. The standard InChI is InChI=1S/C4H9NO.C2HF3O2/c1-3-4(6)2-5-3;3-2(4,5)1(6)7/h3-6H,2H2,1H3;(H,6,7). The van der Waals surface area contributed by atoms with Crippen LogP contribution in [-0.4, -0.2) is 41.0 Å². The van der Waals surface area contributed by atoms with Crippen LogP contribution in [0.4, 0.5) is 13.2 Å². The molecule has 2 unspecified atom stereocenters. The zero-order chi connectivity index (χ0) is 10.6. The SMILES string of the molecule is CC1NCC1O.O=C(O)C(F)(F)F. The van der Waals surface area contributed by atoms with Gasteiger partial charge in [0.2, 0.25) is 0 Å². The zero-order valence-corrected chi connectivity index (χ0v) is 6.80. The Morgan fingerprint density at radius 1 is 1.54 bits per heavy atom. The van der Waals surface area contributed by atoms with Crippen molar-refractivity contribution in [2.45, 2.75) is 25.2 Å². The number of nitrogens with one attached hydrogen (secondary N) is 1. The van der Waals surface area contributed by atoms with Gasteiger partial charge in [0.05, 0.1) is 6.10 Å². The van der Waals surface area contributed by atoms with Gasteiger partial charge < -0.3 is 15.5 Å². The fourth-order valence-corrected chi connectivity index (χ4v) is 0.459. The van der Waals surface area contributed by atoms with Crippen LogP contribution in [0.2, 0.25) is 0 Å². The first-order valence-corrected chi connectivity index (χ1v) is 3.46. The molecule has 0 amide bonds. The smallest absolute Gasteiger partial charge is 0.475 e. The number of aliphatic carboxylic acids is 1. The number of alkyl halides is 3. The summed E-state index contributed by atoms with van der Waals surface area (Å²) in [6, 6.07) is 0.338. The van der Waals surface area contributed by atoms with Crippen molar-refractivity contribution in [2.24, 2.45) is 0 Å².